The van der Waals surface area contributed by atoms with Gasteiger partial charge in [-0.3, -0.25) is 9.59 Å². The highest BCUT2D eigenvalue weighted by molar-refractivity contribution is 7.12. The van der Waals surface area contributed by atoms with Crippen LogP contribution >= 0.6 is 22.9 Å². The molecule has 0 saturated heterocycles. The zero-order chi connectivity index (χ0) is 25.4. The van der Waals surface area contributed by atoms with Gasteiger partial charge in [-0.15, -0.1) is 25.2 Å². The number of aliphatic imine (C=N–C) groups is 2. The van der Waals surface area contributed by atoms with Gasteiger partial charge < -0.3 is 10.1 Å². The first-order chi connectivity index (χ1) is 17.2. The number of carbonyl (C=O) groups excluding carboxylic acids is 2. The molecule has 0 aromatic carbocycles. The second kappa shape index (κ2) is 10.0. The molecule has 1 N–H and O–H groups in total. The van der Waals surface area contributed by atoms with Crippen LogP contribution in [-0.2, 0) is 31.1 Å². The topological polar surface area (TPSA) is 97.9 Å². The Kier molecular flexibility index (Phi) is 6.98. The van der Waals surface area contributed by atoms with Crippen molar-refractivity contribution in [3.8, 4) is 5.88 Å². The van der Waals surface area contributed by atoms with Gasteiger partial charge in [0, 0.05) is 53.4 Å². The maximum Gasteiger partial charge on any atom is 0.488 e. The Balaban J connectivity index is 1.33. The van der Waals surface area contributed by atoms with Crippen molar-refractivity contribution in [3.05, 3.63) is 26.9 Å². The Labute approximate surface area is 215 Å². The second-order valence-corrected chi connectivity index (χ2v) is 11.3. The summed E-state index contributed by atoms with van der Waals surface area (Å²) in [6, 6.07) is 3.71. The molecule has 5 rings (SSSR count). The molecule has 0 aliphatic heterocycles. The van der Waals surface area contributed by atoms with Crippen LogP contribution in [0.2, 0.25) is 0 Å². The highest BCUT2D eigenvalue weighted by Gasteiger charge is 2.34. The standard InChI is InChI=1S/C24H26ClF2N5O3S/c1-32-20(10-21(31-32)35-24(25,26)27)30-12-29-15-6-7-18-16(8-15)22(23(34)28-11-13-2-3-13)19(36-18)9-17(33)14-4-5-14/h10,13-15H,2-9,11H2,1H3,(H,28,34)/t15-/m0/s1. The van der Waals surface area contributed by atoms with E-state index < -0.39 is 5.57 Å². The maximum absolute atomic E-state index is 13.2. The predicted molar refractivity (Wildman–Crippen MR) is 131 cm³/mol. The van der Waals surface area contributed by atoms with Crippen molar-refractivity contribution < 1.29 is 23.1 Å². The van der Waals surface area contributed by atoms with Crippen molar-refractivity contribution in [2.24, 2.45) is 28.9 Å². The molecular weight excluding hydrogens is 512 g/mol. The third kappa shape index (κ3) is 6.19. The van der Waals surface area contributed by atoms with Gasteiger partial charge in [-0.2, -0.15) is 4.99 Å². The number of alkyl halides is 3. The minimum absolute atomic E-state index is 0.102. The number of aromatic nitrogens is 2. The van der Waals surface area contributed by atoms with E-state index in [0.29, 0.717) is 30.9 Å². The molecule has 2 saturated carbocycles. The minimum atomic E-state index is -3.87. The second-order valence-electron chi connectivity index (χ2n) is 9.62. The van der Waals surface area contributed by atoms with Gasteiger partial charge in [0.1, 0.15) is 5.78 Å². The number of hydrogen-bond acceptors (Lipinski definition) is 7. The zero-order valence-corrected chi connectivity index (χ0v) is 21.3. The summed E-state index contributed by atoms with van der Waals surface area (Å²) in [4.78, 5) is 36.3. The van der Waals surface area contributed by atoms with E-state index in [1.807, 2.05) is 0 Å². The number of amides is 1. The molecule has 0 unspecified atom stereocenters. The van der Waals surface area contributed by atoms with Crippen LogP contribution in [-0.4, -0.2) is 45.6 Å². The lowest BCUT2D eigenvalue weighted by molar-refractivity contribution is -0.119. The van der Waals surface area contributed by atoms with Gasteiger partial charge in [0.25, 0.3) is 5.91 Å². The maximum atomic E-state index is 13.2. The van der Waals surface area contributed by atoms with E-state index in [1.165, 1.54) is 17.8 Å². The summed E-state index contributed by atoms with van der Waals surface area (Å²) >= 11 is 6.36. The monoisotopic (exact) mass is 537 g/mol. The largest absolute Gasteiger partial charge is 0.488 e. The quantitative estimate of drug-likeness (QED) is 0.351. The van der Waals surface area contributed by atoms with Crippen LogP contribution in [0.1, 0.15) is 57.8 Å². The average Bonchev–Trinajstić information content (AvgIpc) is 3.72. The third-order valence-corrected chi connectivity index (χ3v) is 7.98. The third-order valence-electron chi connectivity index (χ3n) is 6.61. The summed E-state index contributed by atoms with van der Waals surface area (Å²) in [7, 11) is 1.52. The van der Waals surface area contributed by atoms with E-state index >= 15 is 0 Å². The highest BCUT2D eigenvalue weighted by Crippen LogP contribution is 2.38. The average molecular weight is 538 g/mol. The lowest BCUT2D eigenvalue weighted by atomic mass is 9.90. The Hall–Kier alpha value is -2.62. The molecule has 2 aromatic heterocycles. The summed E-state index contributed by atoms with van der Waals surface area (Å²) < 4.78 is 31.2. The number of hydrogen-bond donors (Lipinski definition) is 1. The fourth-order valence-corrected chi connectivity index (χ4v) is 5.78. The molecule has 1 atom stereocenters. The van der Waals surface area contributed by atoms with Gasteiger partial charge in [-0.1, -0.05) is 0 Å². The van der Waals surface area contributed by atoms with Crippen molar-refractivity contribution in [2.75, 3.05) is 6.54 Å². The summed E-state index contributed by atoms with van der Waals surface area (Å²) in [6.07, 6.45) is 6.56. The van der Waals surface area contributed by atoms with E-state index in [9.17, 15) is 18.4 Å². The number of ketones is 1. The predicted octanol–water partition coefficient (Wildman–Crippen LogP) is 4.67. The van der Waals surface area contributed by atoms with Gasteiger partial charge in [0.2, 0.25) is 5.88 Å². The van der Waals surface area contributed by atoms with Gasteiger partial charge in [-0.25, -0.2) is 9.67 Å². The van der Waals surface area contributed by atoms with E-state index in [-0.39, 0.29) is 35.3 Å². The summed E-state index contributed by atoms with van der Waals surface area (Å²) in [5.74, 6) is 0.681. The molecule has 2 heterocycles. The normalized spacial score (nSPS) is 19.3. The van der Waals surface area contributed by atoms with Gasteiger partial charge in [0.05, 0.1) is 17.6 Å². The van der Waals surface area contributed by atoms with Crippen molar-refractivity contribution in [1.29, 1.82) is 0 Å². The molecule has 8 nitrogen and oxygen atoms in total. The van der Waals surface area contributed by atoms with Crippen LogP contribution in [0.4, 0.5) is 14.6 Å². The zero-order valence-electron chi connectivity index (χ0n) is 19.7. The van der Waals surface area contributed by atoms with Gasteiger partial charge in [0.15, 0.2) is 5.82 Å². The van der Waals surface area contributed by atoms with Gasteiger partial charge >= 0.3 is 5.57 Å². The van der Waals surface area contributed by atoms with Gasteiger partial charge in [-0.05, 0) is 56.4 Å². The molecule has 3 aliphatic carbocycles. The Morgan fingerprint density at radius 3 is 2.81 bits per heavy atom. The number of nitrogens with one attached hydrogen (secondary N) is 1. The molecule has 0 spiro atoms. The summed E-state index contributed by atoms with van der Waals surface area (Å²) in [6.45, 7) is 0.666. The first kappa shape index (κ1) is 25.0. The number of nitrogens with zero attached hydrogens (tertiary/aromatic N) is 4. The molecule has 0 bridgehead atoms. The minimum Gasteiger partial charge on any atom is -0.400 e. The van der Waals surface area contributed by atoms with Crippen LogP contribution in [0, 0.1) is 11.8 Å². The van der Waals surface area contributed by atoms with Crippen molar-refractivity contribution in [1.82, 2.24) is 15.1 Å². The van der Waals surface area contributed by atoms with Crippen LogP contribution in [0.25, 0.3) is 0 Å². The molecular formula is C24H26ClF2N5O3S. The Morgan fingerprint density at radius 1 is 1.33 bits per heavy atom. The molecule has 0 radical (unpaired) electrons. The molecule has 192 valence electrons. The van der Waals surface area contributed by atoms with E-state index in [0.717, 1.165) is 53.8 Å². The fraction of sp³-hybridized carbons (Fsp3) is 0.583. The van der Waals surface area contributed by atoms with Crippen LogP contribution in [0.5, 0.6) is 5.88 Å². The molecule has 2 aromatic rings. The molecule has 1 amide bonds. The summed E-state index contributed by atoms with van der Waals surface area (Å²) in [5.41, 5.74) is -2.25. The number of fused-ring (bicyclic) bond motifs is 1. The van der Waals surface area contributed by atoms with E-state index in [4.69, 9.17) is 11.6 Å². The molecule has 12 heteroatoms. The van der Waals surface area contributed by atoms with Crippen molar-refractivity contribution >= 4 is 46.5 Å². The number of carbonyl (C=O) groups is 2. The number of rotatable bonds is 10. The fourth-order valence-electron chi connectivity index (χ4n) is 4.34. The van der Waals surface area contributed by atoms with Crippen molar-refractivity contribution in [3.63, 3.8) is 0 Å². The van der Waals surface area contributed by atoms with Crippen molar-refractivity contribution in [2.45, 2.75) is 63.0 Å². The first-order valence-corrected chi connectivity index (χ1v) is 13.3. The Bertz CT molecular complexity index is 1240. The van der Waals surface area contributed by atoms with E-state index in [1.54, 1.807) is 11.3 Å². The number of ether oxygens (including phenoxy) is 1. The molecule has 2 fully saturated rings. The summed E-state index contributed by atoms with van der Waals surface area (Å²) in [5, 5.41) is 6.85. The van der Waals surface area contributed by atoms with Crippen LogP contribution in [0.15, 0.2) is 16.1 Å². The number of Topliss-reactive ketones (excluding diaryl/α,β-unsaturated/α-hetero) is 1. The number of halogens is 3. The lowest BCUT2D eigenvalue weighted by Crippen LogP contribution is -2.28. The highest BCUT2D eigenvalue weighted by atomic mass is 35.5. The number of aryl methyl sites for hydroxylation is 2. The van der Waals surface area contributed by atoms with Crippen LogP contribution in [0.3, 0.4) is 0 Å². The SMILES string of the molecule is Cn1nc(OC(F)(F)Cl)cc1N=C=N[C@H]1CCc2sc(CC(=O)C3CC3)c(C(=O)NCC3CC3)c2C1. The lowest BCUT2D eigenvalue weighted by Gasteiger charge is -2.19. The van der Waals surface area contributed by atoms with E-state index in [2.05, 4.69) is 31.1 Å². The molecule has 36 heavy (non-hydrogen) atoms. The molecule has 3 aliphatic rings. The van der Waals surface area contributed by atoms with Crippen LogP contribution < -0.4 is 10.1 Å². The number of thiophene rings is 1. The first-order valence-electron chi connectivity index (χ1n) is 12.1. The smallest absolute Gasteiger partial charge is 0.400 e. The Morgan fingerprint density at radius 2 is 2.11 bits per heavy atom.